The van der Waals surface area contributed by atoms with Crippen LogP contribution >= 0.6 is 0 Å². The number of para-hydroxylation sites is 1. The molecule has 2 atom stereocenters. The molecule has 0 fully saturated rings. The lowest BCUT2D eigenvalue weighted by Crippen LogP contribution is -2.31. The molecule has 3 heterocycles. The lowest BCUT2D eigenvalue weighted by atomic mass is 10.1. The van der Waals surface area contributed by atoms with E-state index >= 15 is 0 Å². The van der Waals surface area contributed by atoms with E-state index in [2.05, 4.69) is 29.9 Å². The van der Waals surface area contributed by atoms with Crippen molar-refractivity contribution >= 4 is 16.0 Å². The van der Waals surface area contributed by atoms with Crippen LogP contribution in [0.1, 0.15) is 39.3 Å². The summed E-state index contributed by atoms with van der Waals surface area (Å²) < 4.78 is 61.3. The molecule has 1 aromatic carbocycles. The molecule has 3 aromatic heterocycles. The summed E-state index contributed by atoms with van der Waals surface area (Å²) in [5, 5.41) is 17.4. The number of ether oxygens (including phenoxy) is 3. The minimum Gasteiger partial charge on any atom is -0.494 e. The molecule has 0 amide bonds. The zero-order chi connectivity index (χ0) is 30.7. The molecule has 4 aromatic rings. The number of aromatic nitrogens is 6. The second-order valence-electron chi connectivity index (χ2n) is 10.1. The number of nitrogens with one attached hydrogen (secondary N) is 1. The fourth-order valence-electron chi connectivity index (χ4n) is 3.94. The minimum absolute atomic E-state index is 0.0178. The Hall–Kier alpha value is -4.37. The Kier molecular flexibility index (Phi) is 8.92. The van der Waals surface area contributed by atoms with Gasteiger partial charge in [0.05, 0.1) is 43.2 Å². The van der Waals surface area contributed by atoms with Gasteiger partial charge in [0, 0.05) is 12.0 Å². The number of aliphatic hydroxyl groups is 1. The predicted octanol–water partition coefficient (Wildman–Crippen LogP) is 3.36. The summed E-state index contributed by atoms with van der Waals surface area (Å²) in [6, 6.07) is 10.0. The first-order valence-corrected chi connectivity index (χ1v) is 14.4. The third-order valence-electron chi connectivity index (χ3n) is 6.35. The molecule has 0 spiro atoms. The Balaban J connectivity index is 1.81. The molecule has 0 aliphatic heterocycles. The van der Waals surface area contributed by atoms with Crippen LogP contribution in [0.4, 0.5) is 10.3 Å². The van der Waals surface area contributed by atoms with E-state index in [1.54, 1.807) is 57.2 Å². The average Bonchev–Trinajstić information content (AvgIpc) is 3.37. The van der Waals surface area contributed by atoms with E-state index in [0.717, 1.165) is 6.20 Å². The molecule has 42 heavy (non-hydrogen) atoms. The zero-order valence-corrected chi connectivity index (χ0v) is 24.8. The molecule has 0 aliphatic rings. The van der Waals surface area contributed by atoms with Gasteiger partial charge in [-0.15, -0.1) is 10.2 Å². The highest BCUT2D eigenvalue weighted by molar-refractivity contribution is 7.93. The Morgan fingerprint density at radius 1 is 1.02 bits per heavy atom. The van der Waals surface area contributed by atoms with Crippen molar-refractivity contribution in [2.45, 2.75) is 44.5 Å². The van der Waals surface area contributed by atoms with Crippen molar-refractivity contribution in [2.75, 3.05) is 25.5 Å². The van der Waals surface area contributed by atoms with E-state index in [4.69, 9.17) is 14.2 Å². The molecule has 0 saturated carbocycles. The third kappa shape index (κ3) is 6.74. The first-order valence-electron chi connectivity index (χ1n) is 12.8. The first kappa shape index (κ1) is 30.6. The molecular formula is C27H32FN7O6S. The maximum Gasteiger partial charge on any atom is 0.243 e. The molecule has 224 valence electrons. The van der Waals surface area contributed by atoms with Crippen LogP contribution in [0.3, 0.4) is 0 Å². The third-order valence-corrected chi connectivity index (χ3v) is 8.20. The Morgan fingerprint density at radius 3 is 2.29 bits per heavy atom. The van der Waals surface area contributed by atoms with Gasteiger partial charge in [-0.3, -0.25) is 14.3 Å². The van der Waals surface area contributed by atoms with Crippen molar-refractivity contribution < 1.29 is 32.1 Å². The highest BCUT2D eigenvalue weighted by Crippen LogP contribution is 2.38. The van der Waals surface area contributed by atoms with Gasteiger partial charge in [0.15, 0.2) is 5.82 Å². The monoisotopic (exact) mass is 601 g/mol. The summed E-state index contributed by atoms with van der Waals surface area (Å²) in [4.78, 5) is 12.1. The molecule has 4 rings (SSSR count). The average molecular weight is 602 g/mol. The Morgan fingerprint density at radius 2 is 1.69 bits per heavy atom. The van der Waals surface area contributed by atoms with Crippen LogP contribution in [0.2, 0.25) is 0 Å². The van der Waals surface area contributed by atoms with E-state index in [1.807, 2.05) is 0 Å². The van der Waals surface area contributed by atoms with Crippen molar-refractivity contribution in [2.24, 2.45) is 0 Å². The maximum absolute atomic E-state index is 13.6. The standard InChI is InChI=1S/C27H32FN7O6S/c1-16(19-13-30-22(28)14-29-19)17(2)42(37,38)34-26-33-32-25(18-9-7-12-23(31-18)41-15-27(3,4)36)35(26)24-20(39-5)10-8-11-21(24)40-6/h7-14,16-17,36H,15H2,1-6H3,(H,33,34)/t16-,17-/m0/s1. The lowest BCUT2D eigenvalue weighted by Gasteiger charge is -2.21. The largest absolute Gasteiger partial charge is 0.494 e. The maximum atomic E-state index is 13.6. The van der Waals surface area contributed by atoms with Crippen molar-refractivity contribution in [3.63, 3.8) is 0 Å². The zero-order valence-electron chi connectivity index (χ0n) is 23.9. The normalized spacial score (nSPS) is 13.3. The molecule has 15 heteroatoms. The number of halogens is 1. The van der Waals surface area contributed by atoms with E-state index in [1.165, 1.54) is 31.9 Å². The number of anilines is 1. The van der Waals surface area contributed by atoms with E-state index in [-0.39, 0.29) is 30.0 Å². The fourth-order valence-corrected chi connectivity index (χ4v) is 5.19. The van der Waals surface area contributed by atoms with Crippen LogP contribution in [0.15, 0.2) is 48.8 Å². The van der Waals surface area contributed by atoms with Crippen LogP contribution in [-0.2, 0) is 10.0 Å². The molecule has 0 bridgehead atoms. The molecule has 0 radical (unpaired) electrons. The fraction of sp³-hybridized carbons (Fsp3) is 0.370. The molecule has 0 aliphatic carbocycles. The number of hydrogen-bond acceptors (Lipinski definition) is 11. The van der Waals surface area contributed by atoms with Crippen molar-refractivity contribution in [1.29, 1.82) is 0 Å². The topological polar surface area (TPSA) is 163 Å². The smallest absolute Gasteiger partial charge is 0.243 e. The van der Waals surface area contributed by atoms with Gasteiger partial charge in [-0.25, -0.2) is 18.4 Å². The number of pyridine rings is 1. The molecular weight excluding hydrogens is 569 g/mol. The predicted molar refractivity (Wildman–Crippen MR) is 152 cm³/mol. The number of nitrogens with zero attached hydrogens (tertiary/aromatic N) is 6. The van der Waals surface area contributed by atoms with Gasteiger partial charge in [-0.1, -0.05) is 19.1 Å². The second-order valence-corrected chi connectivity index (χ2v) is 12.1. The van der Waals surface area contributed by atoms with Crippen molar-refractivity contribution in [3.8, 4) is 34.6 Å². The van der Waals surface area contributed by atoms with Crippen LogP contribution in [-0.4, -0.2) is 74.9 Å². The summed E-state index contributed by atoms with van der Waals surface area (Å²) in [5.41, 5.74) is -0.191. The van der Waals surface area contributed by atoms with E-state index in [9.17, 15) is 17.9 Å². The number of benzene rings is 1. The number of sulfonamides is 1. The second kappa shape index (κ2) is 12.2. The van der Waals surface area contributed by atoms with Crippen molar-refractivity contribution in [1.82, 2.24) is 29.7 Å². The summed E-state index contributed by atoms with van der Waals surface area (Å²) in [6.45, 7) is 6.33. The van der Waals surface area contributed by atoms with Crippen LogP contribution in [0.5, 0.6) is 17.4 Å². The lowest BCUT2D eigenvalue weighted by molar-refractivity contribution is 0.0269. The first-order chi connectivity index (χ1) is 19.8. The van der Waals surface area contributed by atoms with Gasteiger partial charge < -0.3 is 19.3 Å². The number of rotatable bonds is 12. The highest BCUT2D eigenvalue weighted by Gasteiger charge is 2.32. The number of hydrogen-bond donors (Lipinski definition) is 2. The Bertz CT molecular complexity index is 1620. The van der Waals surface area contributed by atoms with Crippen molar-refractivity contribution in [3.05, 3.63) is 60.4 Å². The molecule has 0 saturated heterocycles. The van der Waals surface area contributed by atoms with Gasteiger partial charge in [0.25, 0.3) is 0 Å². The molecule has 0 unspecified atom stereocenters. The highest BCUT2D eigenvalue weighted by atomic mass is 32.2. The summed E-state index contributed by atoms with van der Waals surface area (Å²) in [6.07, 6.45) is 2.13. The molecule has 13 nitrogen and oxygen atoms in total. The Labute approximate surface area is 242 Å². The van der Waals surface area contributed by atoms with E-state index in [0.29, 0.717) is 22.9 Å². The van der Waals surface area contributed by atoms with Crippen LogP contribution in [0, 0.1) is 5.95 Å². The van der Waals surface area contributed by atoms with Gasteiger partial charge in [0.1, 0.15) is 29.5 Å². The summed E-state index contributed by atoms with van der Waals surface area (Å²) in [7, 11) is -1.21. The molecule has 2 N–H and O–H groups in total. The SMILES string of the molecule is COc1cccc(OC)c1-n1c(NS(=O)(=O)[C@@H](C)[C@H](C)c2cnc(F)cn2)nnc1-c1cccc(OCC(C)(C)O)n1. The summed E-state index contributed by atoms with van der Waals surface area (Å²) in [5.74, 6) is -0.550. The van der Waals surface area contributed by atoms with Gasteiger partial charge in [-0.2, -0.15) is 4.39 Å². The van der Waals surface area contributed by atoms with Gasteiger partial charge in [0.2, 0.25) is 27.8 Å². The number of methoxy groups -OCH3 is 2. The van der Waals surface area contributed by atoms with Crippen LogP contribution < -0.4 is 18.9 Å². The van der Waals surface area contributed by atoms with Gasteiger partial charge in [-0.05, 0) is 39.0 Å². The van der Waals surface area contributed by atoms with E-state index < -0.39 is 32.7 Å². The van der Waals surface area contributed by atoms with Crippen LogP contribution in [0.25, 0.3) is 17.2 Å². The summed E-state index contributed by atoms with van der Waals surface area (Å²) >= 11 is 0. The minimum atomic E-state index is -4.13. The van der Waals surface area contributed by atoms with Gasteiger partial charge >= 0.3 is 0 Å². The quantitative estimate of drug-likeness (QED) is 0.245.